The molecule has 5 atom stereocenters. The van der Waals surface area contributed by atoms with Crippen LogP contribution < -0.4 is 0 Å². The van der Waals surface area contributed by atoms with Crippen LogP contribution in [0.2, 0.25) is 18.1 Å². The number of esters is 1. The molecule has 1 unspecified atom stereocenters. The molecule has 0 radical (unpaired) electrons. The Hall–Kier alpha value is -0.943. The van der Waals surface area contributed by atoms with Crippen LogP contribution in [0.15, 0.2) is 11.8 Å². The quantitative estimate of drug-likeness (QED) is 0.358. The molecule has 2 saturated carbocycles. The highest BCUT2D eigenvalue weighted by atomic mass is 28.4. The van der Waals surface area contributed by atoms with Crippen molar-refractivity contribution in [3.8, 4) is 0 Å². The van der Waals surface area contributed by atoms with Crippen LogP contribution in [0.4, 0.5) is 0 Å². The number of Topliss-reactive ketones (excluding diaryl/α,β-unsaturated/α-hetero) is 1. The fourth-order valence-electron chi connectivity index (χ4n) is 5.97. The molecule has 1 aliphatic heterocycles. The summed E-state index contributed by atoms with van der Waals surface area (Å²) in [7, 11) is -2.09. The molecule has 0 aromatic heterocycles. The van der Waals surface area contributed by atoms with E-state index in [4.69, 9.17) is 9.16 Å². The van der Waals surface area contributed by atoms with Crippen LogP contribution in [0.5, 0.6) is 0 Å². The molecule has 2 aliphatic carbocycles. The standard InChI is InChI=1S/C25H42O4Si/c1-17(19-13-14-20-21(26)10-9-15-24(19,20)5)11-12-18-16-25(6,22(27)28-18)29-30(7,8)23(2,3)4/h16-17,19-20H,9-15H2,1-8H3/t17-,19-,20?,24+,25-/m1/s1. The Balaban J connectivity index is 1.64. The summed E-state index contributed by atoms with van der Waals surface area (Å²) in [4.78, 5) is 25.1. The van der Waals surface area contributed by atoms with E-state index in [0.717, 1.165) is 44.3 Å². The molecule has 0 N–H and O–H groups in total. The van der Waals surface area contributed by atoms with E-state index in [1.54, 1.807) is 0 Å². The lowest BCUT2D eigenvalue weighted by Gasteiger charge is -2.42. The van der Waals surface area contributed by atoms with Gasteiger partial charge in [-0.25, -0.2) is 4.79 Å². The molecule has 170 valence electrons. The zero-order valence-electron chi connectivity index (χ0n) is 20.4. The van der Waals surface area contributed by atoms with Gasteiger partial charge in [0, 0.05) is 18.8 Å². The summed E-state index contributed by atoms with van der Waals surface area (Å²) in [6.45, 7) is 17.4. The van der Waals surface area contributed by atoms with Crippen molar-refractivity contribution >= 4 is 20.1 Å². The minimum atomic E-state index is -2.09. The molecule has 0 amide bonds. The van der Waals surface area contributed by atoms with Gasteiger partial charge in [-0.1, -0.05) is 34.6 Å². The third kappa shape index (κ3) is 4.21. The minimum absolute atomic E-state index is 0.0350. The van der Waals surface area contributed by atoms with Gasteiger partial charge in [-0.3, -0.25) is 4.79 Å². The molecular weight excluding hydrogens is 392 g/mol. The van der Waals surface area contributed by atoms with Gasteiger partial charge in [-0.15, -0.1) is 0 Å². The molecule has 2 fully saturated rings. The van der Waals surface area contributed by atoms with E-state index < -0.39 is 13.9 Å². The molecule has 4 nitrogen and oxygen atoms in total. The van der Waals surface area contributed by atoms with Crippen molar-refractivity contribution in [3.63, 3.8) is 0 Å². The summed E-state index contributed by atoms with van der Waals surface area (Å²) in [5.74, 6) is 2.33. The Kier molecular flexibility index (Phi) is 6.23. The minimum Gasteiger partial charge on any atom is -0.429 e. The Morgan fingerprint density at radius 2 is 1.90 bits per heavy atom. The van der Waals surface area contributed by atoms with Crippen molar-refractivity contribution in [2.75, 3.05) is 0 Å². The van der Waals surface area contributed by atoms with Crippen LogP contribution in [-0.4, -0.2) is 25.7 Å². The number of hydrogen-bond donors (Lipinski definition) is 0. The topological polar surface area (TPSA) is 52.6 Å². The summed E-state index contributed by atoms with van der Waals surface area (Å²) >= 11 is 0. The Labute approximate surface area is 184 Å². The van der Waals surface area contributed by atoms with E-state index in [2.05, 4.69) is 47.7 Å². The Morgan fingerprint density at radius 3 is 2.53 bits per heavy atom. The summed E-state index contributed by atoms with van der Waals surface area (Å²) < 4.78 is 12.1. The molecule has 0 spiro atoms. The zero-order chi connectivity index (χ0) is 22.5. The lowest BCUT2D eigenvalue weighted by Crippen LogP contribution is -2.50. The maximum atomic E-state index is 12.7. The predicted molar refractivity (Wildman–Crippen MR) is 122 cm³/mol. The smallest absolute Gasteiger partial charge is 0.346 e. The number of fused-ring (bicyclic) bond motifs is 1. The summed E-state index contributed by atoms with van der Waals surface area (Å²) in [6.07, 6.45) is 8.86. The highest BCUT2D eigenvalue weighted by Gasteiger charge is 2.53. The fourth-order valence-corrected chi connectivity index (χ4v) is 7.48. The zero-order valence-corrected chi connectivity index (χ0v) is 21.4. The average Bonchev–Trinajstić information content (AvgIpc) is 3.09. The van der Waals surface area contributed by atoms with Crippen LogP contribution in [0.3, 0.4) is 0 Å². The number of cyclic esters (lactones) is 1. The van der Waals surface area contributed by atoms with E-state index in [1.807, 2.05) is 13.0 Å². The second kappa shape index (κ2) is 7.88. The lowest BCUT2D eigenvalue weighted by molar-refractivity contribution is -0.149. The maximum Gasteiger partial charge on any atom is 0.346 e. The third-order valence-electron chi connectivity index (χ3n) is 8.81. The number of hydrogen-bond acceptors (Lipinski definition) is 4. The van der Waals surface area contributed by atoms with Gasteiger partial charge in [0.25, 0.3) is 0 Å². The van der Waals surface area contributed by atoms with Crippen molar-refractivity contribution in [1.82, 2.24) is 0 Å². The largest absolute Gasteiger partial charge is 0.429 e. The molecule has 0 saturated heterocycles. The van der Waals surface area contributed by atoms with Gasteiger partial charge in [0.1, 0.15) is 11.5 Å². The molecule has 0 bridgehead atoms. The summed E-state index contributed by atoms with van der Waals surface area (Å²) in [5.41, 5.74) is -0.808. The molecule has 5 heteroatoms. The van der Waals surface area contributed by atoms with Crippen LogP contribution in [0, 0.1) is 23.2 Å². The average molecular weight is 435 g/mol. The van der Waals surface area contributed by atoms with E-state index in [1.165, 1.54) is 6.42 Å². The first-order valence-corrected chi connectivity index (χ1v) is 14.8. The number of ketones is 1. The molecular formula is C25H42O4Si. The van der Waals surface area contributed by atoms with E-state index in [-0.39, 0.29) is 22.3 Å². The first-order valence-electron chi connectivity index (χ1n) is 11.9. The predicted octanol–water partition coefficient (Wildman–Crippen LogP) is 6.41. The van der Waals surface area contributed by atoms with Gasteiger partial charge in [-0.05, 0) is 80.5 Å². The molecule has 0 aromatic rings. The highest BCUT2D eigenvalue weighted by molar-refractivity contribution is 6.74. The first kappa shape index (κ1) is 23.7. The second-order valence-corrected chi connectivity index (χ2v) is 16.8. The molecule has 0 aromatic carbocycles. The number of carbonyl (C=O) groups is 2. The van der Waals surface area contributed by atoms with Crippen molar-refractivity contribution < 1.29 is 18.8 Å². The number of allylic oxidation sites excluding steroid dienone is 1. The first-order chi connectivity index (χ1) is 13.7. The van der Waals surface area contributed by atoms with Gasteiger partial charge in [0.05, 0.1) is 0 Å². The summed E-state index contributed by atoms with van der Waals surface area (Å²) in [5, 5.41) is 0.0350. The number of ether oxygens (including phenoxy) is 1. The molecule has 3 aliphatic rings. The third-order valence-corrected chi connectivity index (χ3v) is 13.4. The highest BCUT2D eigenvalue weighted by Crippen LogP contribution is 2.57. The molecule has 30 heavy (non-hydrogen) atoms. The molecule has 1 heterocycles. The number of rotatable bonds is 6. The fraction of sp³-hybridized carbons (Fsp3) is 0.840. The lowest BCUT2D eigenvalue weighted by atomic mass is 9.62. The van der Waals surface area contributed by atoms with Crippen LogP contribution in [0.1, 0.15) is 86.5 Å². The Morgan fingerprint density at radius 1 is 1.23 bits per heavy atom. The molecule has 3 rings (SSSR count). The van der Waals surface area contributed by atoms with Crippen molar-refractivity contribution in [3.05, 3.63) is 11.8 Å². The normalized spacial score (nSPS) is 35.8. The van der Waals surface area contributed by atoms with Crippen molar-refractivity contribution in [2.45, 2.75) is 110 Å². The van der Waals surface area contributed by atoms with E-state index in [9.17, 15) is 9.59 Å². The van der Waals surface area contributed by atoms with Gasteiger partial charge < -0.3 is 9.16 Å². The second-order valence-electron chi connectivity index (χ2n) is 12.0. The van der Waals surface area contributed by atoms with Crippen LogP contribution in [0.25, 0.3) is 0 Å². The van der Waals surface area contributed by atoms with Crippen molar-refractivity contribution in [2.24, 2.45) is 23.2 Å². The van der Waals surface area contributed by atoms with Crippen LogP contribution in [-0.2, 0) is 18.8 Å². The summed E-state index contributed by atoms with van der Waals surface area (Å²) in [6, 6.07) is 0. The monoisotopic (exact) mass is 434 g/mol. The Bertz CT molecular complexity index is 734. The SMILES string of the molecule is C[C@H](CCC1=C[C@@](C)(O[Si](C)(C)C(C)(C)C)C(=O)O1)[C@H]1CCC2C(=O)CCC[C@]21C. The van der Waals surface area contributed by atoms with Crippen LogP contribution >= 0.6 is 0 Å². The number of carbonyl (C=O) groups excluding carboxylic acids is 2. The van der Waals surface area contributed by atoms with Gasteiger partial charge in [-0.2, -0.15) is 0 Å². The van der Waals surface area contributed by atoms with E-state index >= 15 is 0 Å². The maximum absolute atomic E-state index is 12.7. The van der Waals surface area contributed by atoms with E-state index in [0.29, 0.717) is 17.6 Å². The van der Waals surface area contributed by atoms with Gasteiger partial charge in [0.2, 0.25) is 0 Å². The van der Waals surface area contributed by atoms with Gasteiger partial charge in [0.15, 0.2) is 13.9 Å². The van der Waals surface area contributed by atoms with Gasteiger partial charge >= 0.3 is 5.97 Å². The van der Waals surface area contributed by atoms with Crippen molar-refractivity contribution in [1.29, 1.82) is 0 Å².